The van der Waals surface area contributed by atoms with E-state index in [9.17, 15) is 8.78 Å². The lowest BCUT2D eigenvalue weighted by Gasteiger charge is -2.15. The predicted octanol–water partition coefficient (Wildman–Crippen LogP) is 2.85. The quantitative estimate of drug-likeness (QED) is 0.768. The number of alkyl halides is 1. The number of hydrogen-bond donors (Lipinski definition) is 1. The van der Waals surface area contributed by atoms with Crippen molar-refractivity contribution in [1.82, 2.24) is 5.32 Å². The summed E-state index contributed by atoms with van der Waals surface area (Å²) in [5.74, 6) is -1.17. The molecule has 0 radical (unpaired) electrons. The van der Waals surface area contributed by atoms with Crippen LogP contribution in [0.3, 0.4) is 0 Å². The van der Waals surface area contributed by atoms with E-state index in [0.717, 1.165) is 6.07 Å². The van der Waals surface area contributed by atoms with Gasteiger partial charge in [0.15, 0.2) is 11.6 Å². The summed E-state index contributed by atoms with van der Waals surface area (Å²) in [5, 5.41) is 2.99. The smallest absolute Gasteiger partial charge is 0.159 e. The average Bonchev–Trinajstić information content (AvgIpc) is 2.19. The standard InChI is InChI=1S/C10H12ClF2N/c1-14-10(4-5-11)7-2-3-8(12)9(13)6-7/h2-3,6,10,14H,4-5H2,1H3. The monoisotopic (exact) mass is 219 g/mol. The van der Waals surface area contributed by atoms with Crippen LogP contribution in [-0.2, 0) is 0 Å². The highest BCUT2D eigenvalue weighted by Gasteiger charge is 2.10. The Kier molecular flexibility index (Phi) is 4.29. The third-order valence-electron chi connectivity index (χ3n) is 2.09. The average molecular weight is 220 g/mol. The number of rotatable bonds is 4. The van der Waals surface area contributed by atoms with Gasteiger partial charge in [-0.25, -0.2) is 8.78 Å². The Hall–Kier alpha value is -0.670. The third-order valence-corrected chi connectivity index (χ3v) is 2.31. The third kappa shape index (κ3) is 2.66. The summed E-state index contributed by atoms with van der Waals surface area (Å²) < 4.78 is 25.5. The Morgan fingerprint density at radius 2 is 2.07 bits per heavy atom. The van der Waals surface area contributed by atoms with Gasteiger partial charge in [-0.05, 0) is 31.2 Å². The van der Waals surface area contributed by atoms with E-state index in [0.29, 0.717) is 17.9 Å². The van der Waals surface area contributed by atoms with Crippen LogP contribution in [-0.4, -0.2) is 12.9 Å². The Morgan fingerprint density at radius 3 is 2.57 bits per heavy atom. The highest BCUT2D eigenvalue weighted by molar-refractivity contribution is 6.17. The number of halogens is 3. The molecule has 0 aliphatic rings. The molecule has 0 saturated carbocycles. The topological polar surface area (TPSA) is 12.0 Å². The van der Waals surface area contributed by atoms with E-state index >= 15 is 0 Å². The molecule has 0 saturated heterocycles. The molecule has 1 N–H and O–H groups in total. The van der Waals surface area contributed by atoms with E-state index in [-0.39, 0.29) is 6.04 Å². The van der Waals surface area contributed by atoms with E-state index in [4.69, 9.17) is 11.6 Å². The van der Waals surface area contributed by atoms with Crippen molar-refractivity contribution in [1.29, 1.82) is 0 Å². The molecule has 0 bridgehead atoms. The molecule has 1 rings (SSSR count). The molecule has 0 amide bonds. The van der Waals surface area contributed by atoms with Crippen LogP contribution in [0, 0.1) is 11.6 Å². The van der Waals surface area contributed by atoms with Crippen molar-refractivity contribution in [3.63, 3.8) is 0 Å². The fourth-order valence-electron chi connectivity index (χ4n) is 1.32. The van der Waals surface area contributed by atoms with Gasteiger partial charge in [0.2, 0.25) is 0 Å². The van der Waals surface area contributed by atoms with Crippen molar-refractivity contribution >= 4 is 11.6 Å². The minimum atomic E-state index is -0.825. The molecule has 1 unspecified atom stereocenters. The maximum absolute atomic E-state index is 12.9. The van der Waals surface area contributed by atoms with E-state index in [2.05, 4.69) is 5.32 Å². The lowest BCUT2D eigenvalue weighted by molar-refractivity contribution is 0.500. The second-order valence-electron chi connectivity index (χ2n) is 2.99. The molecule has 0 aromatic heterocycles. The van der Waals surface area contributed by atoms with E-state index in [1.807, 2.05) is 0 Å². The second-order valence-corrected chi connectivity index (χ2v) is 3.37. The molecule has 0 spiro atoms. The molecule has 0 aliphatic heterocycles. The maximum Gasteiger partial charge on any atom is 0.159 e. The van der Waals surface area contributed by atoms with Gasteiger partial charge in [-0.3, -0.25) is 0 Å². The first kappa shape index (κ1) is 11.4. The zero-order chi connectivity index (χ0) is 10.6. The summed E-state index contributed by atoms with van der Waals surface area (Å²) in [6.07, 6.45) is 0.684. The molecule has 1 nitrogen and oxygen atoms in total. The fraction of sp³-hybridized carbons (Fsp3) is 0.400. The summed E-state index contributed by atoms with van der Waals surface area (Å²) in [7, 11) is 1.76. The fourth-order valence-corrected chi connectivity index (χ4v) is 1.53. The van der Waals surface area contributed by atoms with Gasteiger partial charge in [-0.1, -0.05) is 6.07 Å². The summed E-state index contributed by atoms with van der Waals surface area (Å²) in [5.41, 5.74) is 0.715. The maximum atomic E-state index is 12.9. The van der Waals surface area contributed by atoms with Gasteiger partial charge in [0.05, 0.1) is 0 Å². The van der Waals surface area contributed by atoms with Gasteiger partial charge in [-0.2, -0.15) is 0 Å². The van der Waals surface area contributed by atoms with Crippen LogP contribution >= 0.6 is 11.6 Å². The minimum absolute atomic E-state index is 0.0254. The molecule has 78 valence electrons. The molecule has 1 atom stereocenters. The van der Waals surface area contributed by atoms with E-state index in [1.165, 1.54) is 6.07 Å². The van der Waals surface area contributed by atoms with Crippen LogP contribution in [0.15, 0.2) is 18.2 Å². The first-order valence-electron chi connectivity index (χ1n) is 4.37. The lowest BCUT2D eigenvalue weighted by atomic mass is 10.0. The number of hydrogen-bond acceptors (Lipinski definition) is 1. The molecule has 4 heteroatoms. The Balaban J connectivity index is 2.88. The van der Waals surface area contributed by atoms with Gasteiger partial charge in [0.1, 0.15) is 0 Å². The molecule has 1 aromatic carbocycles. The van der Waals surface area contributed by atoms with E-state index in [1.54, 1.807) is 13.1 Å². The van der Waals surface area contributed by atoms with Crippen LogP contribution in [0.1, 0.15) is 18.0 Å². The van der Waals surface area contributed by atoms with Gasteiger partial charge >= 0.3 is 0 Å². The first-order valence-corrected chi connectivity index (χ1v) is 4.90. The largest absolute Gasteiger partial charge is 0.313 e. The van der Waals surface area contributed by atoms with Gasteiger partial charge in [0, 0.05) is 11.9 Å². The first-order chi connectivity index (χ1) is 6.69. The van der Waals surface area contributed by atoms with Crippen LogP contribution in [0.25, 0.3) is 0 Å². The van der Waals surface area contributed by atoms with Crippen LogP contribution < -0.4 is 5.32 Å². The molecule has 1 aromatic rings. The molecular formula is C10H12ClF2N. The van der Waals surface area contributed by atoms with Crippen molar-refractivity contribution in [2.45, 2.75) is 12.5 Å². The molecule has 0 fully saturated rings. The van der Waals surface area contributed by atoms with Crippen molar-refractivity contribution in [3.05, 3.63) is 35.4 Å². The summed E-state index contributed by atoms with van der Waals surface area (Å²) in [6, 6.07) is 3.86. The molecule has 0 aliphatic carbocycles. The van der Waals surface area contributed by atoms with Crippen molar-refractivity contribution in [2.24, 2.45) is 0 Å². The Labute approximate surface area is 87.1 Å². The van der Waals surface area contributed by atoms with Gasteiger partial charge in [0.25, 0.3) is 0 Å². The second kappa shape index (κ2) is 5.27. The lowest BCUT2D eigenvalue weighted by Crippen LogP contribution is -2.17. The van der Waals surface area contributed by atoms with Crippen molar-refractivity contribution < 1.29 is 8.78 Å². The van der Waals surface area contributed by atoms with Crippen LogP contribution in [0.4, 0.5) is 8.78 Å². The SMILES string of the molecule is CNC(CCCl)c1ccc(F)c(F)c1. The number of benzene rings is 1. The van der Waals surface area contributed by atoms with Crippen molar-refractivity contribution in [3.8, 4) is 0 Å². The van der Waals surface area contributed by atoms with Crippen LogP contribution in [0.5, 0.6) is 0 Å². The highest BCUT2D eigenvalue weighted by Crippen LogP contribution is 2.19. The molecule has 0 heterocycles. The van der Waals surface area contributed by atoms with Crippen LogP contribution in [0.2, 0.25) is 0 Å². The summed E-state index contributed by atoms with van der Waals surface area (Å²) in [6.45, 7) is 0. The normalized spacial score (nSPS) is 12.9. The predicted molar refractivity (Wildman–Crippen MR) is 53.5 cm³/mol. The van der Waals surface area contributed by atoms with Gasteiger partial charge < -0.3 is 5.32 Å². The zero-order valence-electron chi connectivity index (χ0n) is 7.86. The van der Waals surface area contributed by atoms with Crippen molar-refractivity contribution in [2.75, 3.05) is 12.9 Å². The highest BCUT2D eigenvalue weighted by atomic mass is 35.5. The Morgan fingerprint density at radius 1 is 1.36 bits per heavy atom. The zero-order valence-corrected chi connectivity index (χ0v) is 8.61. The van der Waals surface area contributed by atoms with E-state index < -0.39 is 11.6 Å². The summed E-state index contributed by atoms with van der Waals surface area (Å²) >= 11 is 5.59. The Bertz CT molecular complexity index is 304. The minimum Gasteiger partial charge on any atom is -0.313 e. The number of nitrogens with one attached hydrogen (secondary N) is 1. The molecule has 14 heavy (non-hydrogen) atoms. The van der Waals surface area contributed by atoms with Gasteiger partial charge in [-0.15, -0.1) is 11.6 Å². The summed E-state index contributed by atoms with van der Waals surface area (Å²) in [4.78, 5) is 0. The molecular weight excluding hydrogens is 208 g/mol.